The van der Waals surface area contributed by atoms with Crippen LogP contribution < -0.4 is 10.1 Å². The first-order chi connectivity index (χ1) is 8.36. The van der Waals surface area contributed by atoms with Gasteiger partial charge < -0.3 is 15.0 Å². The van der Waals surface area contributed by atoms with Gasteiger partial charge in [0.05, 0.1) is 11.6 Å². The van der Waals surface area contributed by atoms with Gasteiger partial charge in [-0.1, -0.05) is 23.7 Å². The van der Waals surface area contributed by atoms with Gasteiger partial charge in [0.1, 0.15) is 5.75 Å². The first-order valence-electron chi connectivity index (χ1n) is 6.16. The number of benzene rings is 1. The molecule has 1 saturated heterocycles. The molecule has 0 radical (unpaired) electrons. The summed E-state index contributed by atoms with van der Waals surface area (Å²) in [6.07, 6.45) is 1.05. The predicted octanol–water partition coefficient (Wildman–Crippen LogP) is 2.01. The molecule has 0 spiro atoms. The molecule has 1 aromatic rings. The lowest BCUT2D eigenvalue weighted by molar-refractivity contribution is 0.214. The normalized spacial score (nSPS) is 17.0. The Hall–Kier alpha value is -0.770. The molecule has 0 atom stereocenters. The molecule has 3 nitrogen and oxygen atoms in total. The molecule has 0 amide bonds. The molecule has 1 fully saturated rings. The number of hydrogen-bond donors (Lipinski definition) is 1. The molecule has 94 valence electrons. The van der Waals surface area contributed by atoms with Crippen LogP contribution in [0.25, 0.3) is 0 Å². The minimum Gasteiger partial charge on any atom is -0.492 e. The fraction of sp³-hybridized carbons (Fsp3) is 0.538. The van der Waals surface area contributed by atoms with Crippen LogP contribution in [0.4, 0.5) is 0 Å². The molecule has 1 aromatic carbocycles. The summed E-state index contributed by atoms with van der Waals surface area (Å²) in [6.45, 7) is 6.33. The van der Waals surface area contributed by atoms with Gasteiger partial charge in [-0.2, -0.15) is 0 Å². The maximum Gasteiger partial charge on any atom is 0.137 e. The van der Waals surface area contributed by atoms with Crippen LogP contribution in [-0.4, -0.2) is 44.2 Å². The second kappa shape index (κ2) is 6.84. The van der Waals surface area contributed by atoms with Gasteiger partial charge in [-0.25, -0.2) is 0 Å². The van der Waals surface area contributed by atoms with E-state index in [9.17, 15) is 0 Å². The summed E-state index contributed by atoms with van der Waals surface area (Å²) in [5.41, 5.74) is 0. The largest absolute Gasteiger partial charge is 0.492 e. The van der Waals surface area contributed by atoms with E-state index in [0.717, 1.165) is 51.5 Å². The molecular formula is C13H19ClN2O. The van der Waals surface area contributed by atoms with Gasteiger partial charge in [0.2, 0.25) is 0 Å². The Morgan fingerprint density at radius 2 is 2.00 bits per heavy atom. The van der Waals surface area contributed by atoms with Gasteiger partial charge in [0.25, 0.3) is 0 Å². The summed E-state index contributed by atoms with van der Waals surface area (Å²) >= 11 is 6.01. The number of piperazine rings is 1. The molecule has 1 N–H and O–H groups in total. The van der Waals surface area contributed by atoms with Crippen LogP contribution in [0.15, 0.2) is 24.3 Å². The van der Waals surface area contributed by atoms with E-state index in [-0.39, 0.29) is 0 Å². The Bertz CT molecular complexity index is 340. The van der Waals surface area contributed by atoms with Crippen LogP contribution in [-0.2, 0) is 0 Å². The van der Waals surface area contributed by atoms with Crippen molar-refractivity contribution in [3.8, 4) is 5.75 Å². The van der Waals surface area contributed by atoms with Crippen molar-refractivity contribution < 1.29 is 4.74 Å². The SMILES string of the molecule is Clc1ccccc1OCCCN1CCNCC1. The Kier molecular flexibility index (Phi) is 5.10. The van der Waals surface area contributed by atoms with Gasteiger partial charge in [0, 0.05) is 32.7 Å². The minimum absolute atomic E-state index is 0.690. The summed E-state index contributed by atoms with van der Waals surface area (Å²) in [5.74, 6) is 0.787. The summed E-state index contributed by atoms with van der Waals surface area (Å²) in [5, 5.41) is 4.04. The number of nitrogens with one attached hydrogen (secondary N) is 1. The Morgan fingerprint density at radius 1 is 1.24 bits per heavy atom. The molecule has 0 aromatic heterocycles. The van der Waals surface area contributed by atoms with E-state index in [1.54, 1.807) is 0 Å². The molecule has 17 heavy (non-hydrogen) atoms. The van der Waals surface area contributed by atoms with Crippen LogP contribution in [0, 0.1) is 0 Å². The van der Waals surface area contributed by atoms with Crippen molar-refractivity contribution >= 4 is 11.6 Å². The highest BCUT2D eigenvalue weighted by atomic mass is 35.5. The Morgan fingerprint density at radius 3 is 2.76 bits per heavy atom. The molecule has 0 unspecified atom stereocenters. The maximum atomic E-state index is 6.01. The van der Waals surface area contributed by atoms with Crippen molar-refractivity contribution in [1.29, 1.82) is 0 Å². The minimum atomic E-state index is 0.690. The molecule has 0 bridgehead atoms. The maximum absolute atomic E-state index is 6.01. The average Bonchev–Trinajstić information content (AvgIpc) is 2.38. The number of nitrogens with zero attached hydrogens (tertiary/aromatic N) is 1. The third kappa shape index (κ3) is 4.19. The molecule has 1 aliphatic rings. The second-order valence-electron chi connectivity index (χ2n) is 4.22. The van der Waals surface area contributed by atoms with Crippen LogP contribution in [0.1, 0.15) is 6.42 Å². The zero-order chi connectivity index (χ0) is 11.9. The van der Waals surface area contributed by atoms with Gasteiger partial charge in [-0.05, 0) is 18.6 Å². The summed E-state index contributed by atoms with van der Waals surface area (Å²) in [6, 6.07) is 7.62. The molecule has 2 rings (SSSR count). The zero-order valence-corrected chi connectivity index (χ0v) is 10.7. The predicted molar refractivity (Wildman–Crippen MR) is 70.9 cm³/mol. The first kappa shape index (κ1) is 12.7. The van der Waals surface area contributed by atoms with E-state index in [1.165, 1.54) is 0 Å². The van der Waals surface area contributed by atoms with Crippen molar-refractivity contribution in [3.05, 3.63) is 29.3 Å². The highest BCUT2D eigenvalue weighted by molar-refractivity contribution is 6.32. The fourth-order valence-electron chi connectivity index (χ4n) is 1.97. The fourth-order valence-corrected chi connectivity index (χ4v) is 2.16. The number of hydrogen-bond acceptors (Lipinski definition) is 3. The van der Waals surface area contributed by atoms with E-state index in [4.69, 9.17) is 16.3 Å². The molecule has 0 saturated carbocycles. The molecule has 4 heteroatoms. The van der Waals surface area contributed by atoms with Crippen molar-refractivity contribution in [3.63, 3.8) is 0 Å². The van der Waals surface area contributed by atoms with Crippen LogP contribution in [0.5, 0.6) is 5.75 Å². The van der Waals surface area contributed by atoms with E-state index < -0.39 is 0 Å². The standard InChI is InChI=1S/C13H19ClN2O/c14-12-4-1-2-5-13(12)17-11-3-8-16-9-6-15-7-10-16/h1-2,4-5,15H,3,6-11H2. The molecule has 0 aliphatic carbocycles. The van der Waals surface area contributed by atoms with E-state index in [1.807, 2.05) is 24.3 Å². The monoisotopic (exact) mass is 254 g/mol. The number of halogens is 1. The number of para-hydroxylation sites is 1. The second-order valence-corrected chi connectivity index (χ2v) is 4.63. The number of ether oxygens (including phenoxy) is 1. The van der Waals surface area contributed by atoms with Gasteiger partial charge in [-0.15, -0.1) is 0 Å². The van der Waals surface area contributed by atoms with Crippen LogP contribution in [0.2, 0.25) is 5.02 Å². The van der Waals surface area contributed by atoms with Crippen molar-refractivity contribution in [2.24, 2.45) is 0 Å². The third-order valence-electron chi connectivity index (χ3n) is 2.92. The lowest BCUT2D eigenvalue weighted by atomic mass is 10.3. The van der Waals surface area contributed by atoms with Gasteiger partial charge in [-0.3, -0.25) is 0 Å². The van der Waals surface area contributed by atoms with Crippen LogP contribution >= 0.6 is 11.6 Å². The summed E-state index contributed by atoms with van der Waals surface area (Å²) in [7, 11) is 0. The third-order valence-corrected chi connectivity index (χ3v) is 3.23. The topological polar surface area (TPSA) is 24.5 Å². The Labute approximate surface area is 108 Å². The van der Waals surface area contributed by atoms with E-state index in [2.05, 4.69) is 10.2 Å². The smallest absolute Gasteiger partial charge is 0.137 e. The molecule has 1 heterocycles. The van der Waals surface area contributed by atoms with E-state index >= 15 is 0 Å². The van der Waals surface area contributed by atoms with Gasteiger partial charge in [0.15, 0.2) is 0 Å². The molecule has 1 aliphatic heterocycles. The van der Waals surface area contributed by atoms with Crippen LogP contribution in [0.3, 0.4) is 0 Å². The first-order valence-corrected chi connectivity index (χ1v) is 6.54. The lowest BCUT2D eigenvalue weighted by Crippen LogP contribution is -2.43. The van der Waals surface area contributed by atoms with Crippen molar-refractivity contribution in [1.82, 2.24) is 10.2 Å². The van der Waals surface area contributed by atoms with Crippen molar-refractivity contribution in [2.45, 2.75) is 6.42 Å². The average molecular weight is 255 g/mol. The number of rotatable bonds is 5. The lowest BCUT2D eigenvalue weighted by Gasteiger charge is -2.26. The highest BCUT2D eigenvalue weighted by Gasteiger charge is 2.08. The zero-order valence-electron chi connectivity index (χ0n) is 9.99. The van der Waals surface area contributed by atoms with Gasteiger partial charge >= 0.3 is 0 Å². The van der Waals surface area contributed by atoms with Crippen molar-refractivity contribution in [2.75, 3.05) is 39.3 Å². The quantitative estimate of drug-likeness (QED) is 0.814. The summed E-state index contributed by atoms with van der Waals surface area (Å²) in [4.78, 5) is 2.46. The van der Waals surface area contributed by atoms with E-state index in [0.29, 0.717) is 5.02 Å². The molecular weight excluding hydrogens is 236 g/mol. The highest BCUT2D eigenvalue weighted by Crippen LogP contribution is 2.23. The summed E-state index contributed by atoms with van der Waals surface area (Å²) < 4.78 is 5.65. The Balaban J connectivity index is 1.64.